The normalized spacial score (nSPS) is 10.5. The molecule has 3 nitrogen and oxygen atoms in total. The third kappa shape index (κ3) is 3.43. The number of Topliss-reactive ketones (excluding diaryl/α,β-unsaturated/α-hetero) is 1. The number of anilines is 2. The number of carbonyl (C=O) groups excluding carboxylic acids is 1. The van der Waals surface area contributed by atoms with Crippen LogP contribution in [0.1, 0.15) is 17.3 Å². The van der Waals surface area contributed by atoms with Crippen LogP contribution in [0, 0.1) is 0 Å². The molecule has 0 aliphatic rings. The number of hydrogen-bond acceptors (Lipinski definition) is 4. The molecule has 22 heavy (non-hydrogen) atoms. The maximum atomic E-state index is 11.3. The van der Waals surface area contributed by atoms with Gasteiger partial charge in [0, 0.05) is 26.7 Å². The summed E-state index contributed by atoms with van der Waals surface area (Å²) in [5.41, 5.74) is 3.64. The van der Waals surface area contributed by atoms with Gasteiger partial charge in [-0.3, -0.25) is 4.79 Å². The fourth-order valence-corrected chi connectivity index (χ4v) is 3.16. The number of ketones is 1. The van der Waals surface area contributed by atoms with Crippen molar-refractivity contribution >= 4 is 43.9 Å². The molecule has 0 amide bonds. The molecule has 3 rings (SSSR count). The Morgan fingerprint density at radius 3 is 2.64 bits per heavy atom. The molecule has 1 N–H and O–H groups in total. The minimum Gasteiger partial charge on any atom is -0.332 e. The molecule has 3 aromatic rings. The standard InChI is InChI=1S/C17H13BrN2OS/c1-11(21)12-5-7-15(8-6-12)19-17-20-16(10-22-17)13-3-2-4-14(18)9-13/h2-10H,1H3,(H,19,20). The lowest BCUT2D eigenvalue weighted by Crippen LogP contribution is -1.93. The van der Waals surface area contributed by atoms with Crippen LogP contribution in [0.5, 0.6) is 0 Å². The molecule has 0 saturated carbocycles. The highest BCUT2D eigenvalue weighted by molar-refractivity contribution is 9.10. The monoisotopic (exact) mass is 372 g/mol. The van der Waals surface area contributed by atoms with Gasteiger partial charge in [0.05, 0.1) is 5.69 Å². The zero-order chi connectivity index (χ0) is 15.5. The van der Waals surface area contributed by atoms with Crippen molar-refractivity contribution in [3.8, 4) is 11.3 Å². The molecule has 0 spiro atoms. The van der Waals surface area contributed by atoms with Gasteiger partial charge < -0.3 is 5.32 Å². The van der Waals surface area contributed by atoms with Crippen LogP contribution in [0.4, 0.5) is 10.8 Å². The van der Waals surface area contributed by atoms with Crippen molar-refractivity contribution in [2.45, 2.75) is 6.92 Å². The van der Waals surface area contributed by atoms with Gasteiger partial charge in [0.2, 0.25) is 0 Å². The highest BCUT2D eigenvalue weighted by Crippen LogP contribution is 2.28. The first-order valence-electron chi connectivity index (χ1n) is 6.71. The van der Waals surface area contributed by atoms with Gasteiger partial charge in [-0.05, 0) is 43.3 Å². The first-order valence-corrected chi connectivity index (χ1v) is 8.38. The van der Waals surface area contributed by atoms with E-state index in [4.69, 9.17) is 0 Å². The molecule has 110 valence electrons. The zero-order valence-corrected chi connectivity index (χ0v) is 14.2. The van der Waals surface area contributed by atoms with E-state index in [0.717, 1.165) is 26.5 Å². The fourth-order valence-electron chi connectivity index (χ4n) is 2.02. The first kappa shape index (κ1) is 14.9. The fraction of sp³-hybridized carbons (Fsp3) is 0.0588. The summed E-state index contributed by atoms with van der Waals surface area (Å²) in [4.78, 5) is 15.9. The topological polar surface area (TPSA) is 42.0 Å². The molecular formula is C17H13BrN2OS. The van der Waals surface area contributed by atoms with E-state index < -0.39 is 0 Å². The van der Waals surface area contributed by atoms with Crippen LogP contribution in [0.15, 0.2) is 58.4 Å². The number of halogens is 1. The SMILES string of the molecule is CC(=O)c1ccc(Nc2nc(-c3cccc(Br)c3)cs2)cc1. The molecular weight excluding hydrogens is 360 g/mol. The van der Waals surface area contributed by atoms with Crippen molar-refractivity contribution < 1.29 is 4.79 Å². The highest BCUT2D eigenvalue weighted by Gasteiger charge is 2.06. The molecule has 0 aliphatic carbocycles. The summed E-state index contributed by atoms with van der Waals surface area (Å²) >= 11 is 5.02. The quantitative estimate of drug-likeness (QED) is 0.613. The second-order valence-corrected chi connectivity index (χ2v) is 6.58. The lowest BCUT2D eigenvalue weighted by molar-refractivity contribution is 0.101. The summed E-state index contributed by atoms with van der Waals surface area (Å²) in [6, 6.07) is 15.5. The van der Waals surface area contributed by atoms with Gasteiger partial charge in [0.15, 0.2) is 10.9 Å². The minimum atomic E-state index is 0.0674. The van der Waals surface area contributed by atoms with E-state index in [1.807, 2.05) is 53.9 Å². The Hall–Kier alpha value is -1.98. The smallest absolute Gasteiger partial charge is 0.187 e. The van der Waals surface area contributed by atoms with Gasteiger partial charge >= 0.3 is 0 Å². The summed E-state index contributed by atoms with van der Waals surface area (Å²) in [5, 5.41) is 6.11. The number of benzene rings is 2. The van der Waals surface area contributed by atoms with Crippen LogP contribution in [-0.4, -0.2) is 10.8 Å². The Labute approximate surface area is 141 Å². The lowest BCUT2D eigenvalue weighted by Gasteiger charge is -2.03. The van der Waals surface area contributed by atoms with Crippen molar-refractivity contribution in [2.24, 2.45) is 0 Å². The summed E-state index contributed by atoms with van der Waals surface area (Å²) < 4.78 is 1.03. The largest absolute Gasteiger partial charge is 0.332 e. The Morgan fingerprint density at radius 1 is 1.18 bits per heavy atom. The molecule has 0 radical (unpaired) electrons. The molecule has 5 heteroatoms. The average molecular weight is 373 g/mol. The van der Waals surface area contributed by atoms with Gasteiger partial charge in [0.25, 0.3) is 0 Å². The van der Waals surface area contributed by atoms with E-state index in [1.165, 1.54) is 0 Å². The maximum Gasteiger partial charge on any atom is 0.187 e. The lowest BCUT2D eigenvalue weighted by atomic mass is 10.1. The Bertz CT molecular complexity index is 812. The molecule has 0 atom stereocenters. The Balaban J connectivity index is 1.78. The number of nitrogens with zero attached hydrogens (tertiary/aromatic N) is 1. The van der Waals surface area contributed by atoms with Crippen LogP contribution in [0.2, 0.25) is 0 Å². The summed E-state index contributed by atoms with van der Waals surface area (Å²) in [5.74, 6) is 0.0674. The van der Waals surface area contributed by atoms with E-state index in [1.54, 1.807) is 18.3 Å². The highest BCUT2D eigenvalue weighted by atomic mass is 79.9. The second-order valence-electron chi connectivity index (χ2n) is 4.81. The van der Waals surface area contributed by atoms with Gasteiger partial charge in [0.1, 0.15) is 0 Å². The van der Waals surface area contributed by atoms with Crippen molar-refractivity contribution in [1.29, 1.82) is 0 Å². The van der Waals surface area contributed by atoms with Crippen LogP contribution in [0.25, 0.3) is 11.3 Å². The van der Waals surface area contributed by atoms with Gasteiger partial charge in [-0.2, -0.15) is 0 Å². The van der Waals surface area contributed by atoms with Crippen LogP contribution in [0.3, 0.4) is 0 Å². The molecule has 0 aliphatic heterocycles. The van der Waals surface area contributed by atoms with Crippen LogP contribution < -0.4 is 5.32 Å². The van der Waals surface area contributed by atoms with Crippen molar-refractivity contribution in [3.05, 3.63) is 63.9 Å². The van der Waals surface area contributed by atoms with Crippen molar-refractivity contribution in [1.82, 2.24) is 4.98 Å². The summed E-state index contributed by atoms with van der Waals surface area (Å²) in [6.07, 6.45) is 0. The first-order chi connectivity index (χ1) is 10.6. The second kappa shape index (κ2) is 6.42. The summed E-state index contributed by atoms with van der Waals surface area (Å²) in [7, 11) is 0. The molecule has 0 unspecified atom stereocenters. The van der Waals surface area contributed by atoms with Crippen LogP contribution in [-0.2, 0) is 0 Å². The van der Waals surface area contributed by atoms with Gasteiger partial charge in [-0.15, -0.1) is 11.3 Å². The zero-order valence-electron chi connectivity index (χ0n) is 11.8. The third-order valence-corrected chi connectivity index (χ3v) is 4.42. The predicted molar refractivity (Wildman–Crippen MR) is 95.0 cm³/mol. The van der Waals surface area contributed by atoms with Crippen LogP contribution >= 0.6 is 27.3 Å². The van der Waals surface area contributed by atoms with Gasteiger partial charge in [-0.25, -0.2) is 4.98 Å². The molecule has 1 aromatic heterocycles. The summed E-state index contributed by atoms with van der Waals surface area (Å²) in [6.45, 7) is 1.56. The number of rotatable bonds is 4. The number of aromatic nitrogens is 1. The number of hydrogen-bond donors (Lipinski definition) is 1. The molecule has 2 aromatic carbocycles. The maximum absolute atomic E-state index is 11.3. The van der Waals surface area contributed by atoms with E-state index in [2.05, 4.69) is 26.2 Å². The van der Waals surface area contributed by atoms with Gasteiger partial charge in [-0.1, -0.05) is 28.1 Å². The minimum absolute atomic E-state index is 0.0674. The number of nitrogens with one attached hydrogen (secondary N) is 1. The van der Waals surface area contributed by atoms with Crippen molar-refractivity contribution in [3.63, 3.8) is 0 Å². The Morgan fingerprint density at radius 2 is 1.95 bits per heavy atom. The molecule has 0 fully saturated rings. The number of carbonyl (C=O) groups is 1. The van der Waals surface area contributed by atoms with E-state index in [-0.39, 0.29) is 5.78 Å². The predicted octanol–water partition coefficient (Wildman–Crippen LogP) is 5.52. The Kier molecular flexibility index (Phi) is 4.36. The van der Waals surface area contributed by atoms with Crippen molar-refractivity contribution in [2.75, 3.05) is 5.32 Å². The average Bonchev–Trinajstić information content (AvgIpc) is 2.96. The number of thiazole rings is 1. The molecule has 0 bridgehead atoms. The molecule has 0 saturated heterocycles. The van der Waals surface area contributed by atoms with E-state index >= 15 is 0 Å². The van der Waals surface area contributed by atoms with E-state index in [0.29, 0.717) is 5.56 Å². The van der Waals surface area contributed by atoms with E-state index in [9.17, 15) is 4.79 Å². The molecule has 1 heterocycles. The third-order valence-electron chi connectivity index (χ3n) is 3.17.